The largest absolute Gasteiger partial charge is 0.476 e. The second kappa shape index (κ2) is 6.71. The number of aromatic nitrogens is 4. The topological polar surface area (TPSA) is 64.0 Å². The summed E-state index contributed by atoms with van der Waals surface area (Å²) in [6.07, 6.45) is 7.56. The SMILES string of the molecule is Cc1ccc(OCC2CCN(c3ncnc4c3CCCC4)C2)nn1. The van der Waals surface area contributed by atoms with Gasteiger partial charge in [-0.05, 0) is 45.1 Å². The fourth-order valence-electron chi connectivity index (χ4n) is 3.60. The van der Waals surface area contributed by atoms with Gasteiger partial charge in [0.05, 0.1) is 12.3 Å². The molecule has 0 saturated carbocycles. The molecule has 1 fully saturated rings. The van der Waals surface area contributed by atoms with Gasteiger partial charge in [0, 0.05) is 36.3 Å². The maximum Gasteiger partial charge on any atom is 0.233 e. The lowest BCUT2D eigenvalue weighted by Gasteiger charge is -2.24. The molecule has 126 valence electrons. The predicted molar refractivity (Wildman–Crippen MR) is 91.3 cm³/mol. The lowest BCUT2D eigenvalue weighted by Crippen LogP contribution is -2.25. The lowest BCUT2D eigenvalue weighted by molar-refractivity contribution is 0.249. The fourth-order valence-corrected chi connectivity index (χ4v) is 3.60. The van der Waals surface area contributed by atoms with Crippen LogP contribution in [0.2, 0.25) is 0 Å². The first kappa shape index (κ1) is 15.3. The van der Waals surface area contributed by atoms with Crippen LogP contribution in [0.25, 0.3) is 0 Å². The Morgan fingerprint density at radius 3 is 2.96 bits per heavy atom. The maximum atomic E-state index is 5.81. The van der Waals surface area contributed by atoms with Crippen molar-refractivity contribution in [2.24, 2.45) is 5.92 Å². The van der Waals surface area contributed by atoms with E-state index in [0.29, 0.717) is 18.4 Å². The molecule has 0 aromatic carbocycles. The Hall–Kier alpha value is -2.24. The van der Waals surface area contributed by atoms with Crippen molar-refractivity contribution < 1.29 is 4.74 Å². The predicted octanol–water partition coefficient (Wildman–Crippen LogP) is 2.36. The molecule has 2 aliphatic rings. The van der Waals surface area contributed by atoms with Crippen molar-refractivity contribution in [3.05, 3.63) is 35.4 Å². The van der Waals surface area contributed by atoms with E-state index in [1.165, 1.54) is 24.1 Å². The zero-order chi connectivity index (χ0) is 16.4. The van der Waals surface area contributed by atoms with Crippen molar-refractivity contribution in [2.45, 2.75) is 39.0 Å². The summed E-state index contributed by atoms with van der Waals surface area (Å²) in [5.41, 5.74) is 3.53. The molecule has 4 rings (SSSR count). The lowest BCUT2D eigenvalue weighted by atomic mass is 9.96. The van der Waals surface area contributed by atoms with Gasteiger partial charge in [0.25, 0.3) is 0 Å². The zero-order valence-corrected chi connectivity index (χ0v) is 14.1. The number of hydrogen-bond acceptors (Lipinski definition) is 6. The molecule has 2 aromatic rings. The number of hydrogen-bond donors (Lipinski definition) is 0. The second-order valence-electron chi connectivity index (χ2n) is 6.75. The van der Waals surface area contributed by atoms with Gasteiger partial charge in [-0.2, -0.15) is 5.10 Å². The van der Waals surface area contributed by atoms with Gasteiger partial charge in [-0.3, -0.25) is 0 Å². The van der Waals surface area contributed by atoms with Crippen LogP contribution in [0.5, 0.6) is 5.88 Å². The minimum absolute atomic E-state index is 0.502. The zero-order valence-electron chi connectivity index (χ0n) is 14.1. The summed E-state index contributed by atoms with van der Waals surface area (Å²) in [6.45, 7) is 4.63. The number of fused-ring (bicyclic) bond motifs is 1. The molecule has 0 bridgehead atoms. The van der Waals surface area contributed by atoms with Crippen LogP contribution in [0, 0.1) is 12.8 Å². The molecule has 0 N–H and O–H groups in total. The molecule has 6 heteroatoms. The Morgan fingerprint density at radius 1 is 1.17 bits per heavy atom. The summed E-state index contributed by atoms with van der Waals surface area (Å²) >= 11 is 0. The fraction of sp³-hybridized carbons (Fsp3) is 0.556. The summed E-state index contributed by atoms with van der Waals surface area (Å²) in [5.74, 6) is 2.26. The smallest absolute Gasteiger partial charge is 0.233 e. The van der Waals surface area contributed by atoms with Crippen LogP contribution in [-0.2, 0) is 12.8 Å². The van der Waals surface area contributed by atoms with E-state index in [2.05, 4.69) is 25.1 Å². The van der Waals surface area contributed by atoms with E-state index in [1.54, 1.807) is 6.33 Å². The monoisotopic (exact) mass is 325 g/mol. The molecule has 6 nitrogen and oxygen atoms in total. The first-order valence-electron chi connectivity index (χ1n) is 8.80. The molecule has 2 aromatic heterocycles. The Morgan fingerprint density at radius 2 is 2.08 bits per heavy atom. The van der Waals surface area contributed by atoms with Crippen molar-refractivity contribution in [1.82, 2.24) is 20.2 Å². The molecule has 24 heavy (non-hydrogen) atoms. The summed E-state index contributed by atoms with van der Waals surface area (Å²) in [5, 5.41) is 8.10. The van der Waals surface area contributed by atoms with E-state index in [9.17, 15) is 0 Å². The Labute approximate surface area is 142 Å². The van der Waals surface area contributed by atoms with E-state index < -0.39 is 0 Å². The second-order valence-corrected chi connectivity index (χ2v) is 6.75. The normalized spacial score (nSPS) is 20.0. The van der Waals surface area contributed by atoms with Gasteiger partial charge in [-0.15, -0.1) is 5.10 Å². The summed E-state index contributed by atoms with van der Waals surface area (Å²) in [6, 6.07) is 3.81. The van der Waals surface area contributed by atoms with Gasteiger partial charge >= 0.3 is 0 Å². The van der Waals surface area contributed by atoms with Gasteiger partial charge in [-0.25, -0.2) is 9.97 Å². The quantitative estimate of drug-likeness (QED) is 0.860. The highest BCUT2D eigenvalue weighted by Gasteiger charge is 2.27. The molecule has 3 heterocycles. The highest BCUT2D eigenvalue weighted by atomic mass is 16.5. The molecule has 1 aliphatic heterocycles. The highest BCUT2D eigenvalue weighted by Crippen LogP contribution is 2.30. The molecule has 0 radical (unpaired) electrons. The first-order chi connectivity index (χ1) is 11.8. The summed E-state index contributed by atoms with van der Waals surface area (Å²) in [4.78, 5) is 11.5. The van der Waals surface area contributed by atoms with Crippen LogP contribution in [0.3, 0.4) is 0 Å². The van der Waals surface area contributed by atoms with E-state index in [4.69, 9.17) is 4.74 Å². The minimum Gasteiger partial charge on any atom is -0.476 e. The number of anilines is 1. The van der Waals surface area contributed by atoms with Gasteiger partial charge in [0.15, 0.2) is 0 Å². The third-order valence-corrected chi connectivity index (χ3v) is 4.93. The molecular weight excluding hydrogens is 302 g/mol. The molecule has 1 unspecified atom stereocenters. The highest BCUT2D eigenvalue weighted by molar-refractivity contribution is 5.50. The first-order valence-corrected chi connectivity index (χ1v) is 8.80. The minimum atomic E-state index is 0.502. The van der Waals surface area contributed by atoms with Crippen molar-refractivity contribution in [2.75, 3.05) is 24.6 Å². The van der Waals surface area contributed by atoms with Gasteiger partial charge in [0.2, 0.25) is 5.88 Å². The van der Waals surface area contributed by atoms with Gasteiger partial charge in [0.1, 0.15) is 12.1 Å². The van der Waals surface area contributed by atoms with Crippen LogP contribution in [0.15, 0.2) is 18.5 Å². The van der Waals surface area contributed by atoms with Gasteiger partial charge in [-0.1, -0.05) is 0 Å². The Balaban J connectivity index is 1.39. The number of nitrogens with zero attached hydrogens (tertiary/aromatic N) is 5. The van der Waals surface area contributed by atoms with Crippen molar-refractivity contribution in [3.63, 3.8) is 0 Å². The van der Waals surface area contributed by atoms with E-state index in [0.717, 1.165) is 43.9 Å². The Bertz CT molecular complexity index is 703. The molecule has 0 spiro atoms. The molecule has 0 amide bonds. The van der Waals surface area contributed by atoms with Gasteiger partial charge < -0.3 is 9.64 Å². The van der Waals surface area contributed by atoms with Crippen molar-refractivity contribution in [3.8, 4) is 5.88 Å². The van der Waals surface area contributed by atoms with Crippen LogP contribution in [0.4, 0.5) is 5.82 Å². The van der Waals surface area contributed by atoms with Crippen molar-refractivity contribution >= 4 is 5.82 Å². The van der Waals surface area contributed by atoms with E-state index in [-0.39, 0.29) is 0 Å². The van der Waals surface area contributed by atoms with E-state index in [1.807, 2.05) is 19.1 Å². The summed E-state index contributed by atoms with van der Waals surface area (Å²) < 4.78 is 5.81. The third kappa shape index (κ3) is 3.18. The molecule has 1 aliphatic carbocycles. The van der Waals surface area contributed by atoms with Crippen molar-refractivity contribution in [1.29, 1.82) is 0 Å². The Kier molecular flexibility index (Phi) is 4.28. The average Bonchev–Trinajstić information content (AvgIpc) is 3.09. The van der Waals surface area contributed by atoms with E-state index >= 15 is 0 Å². The molecule has 1 saturated heterocycles. The molecule has 1 atom stereocenters. The molecular formula is C18H23N5O. The number of aryl methyl sites for hydroxylation is 2. The number of ether oxygens (including phenoxy) is 1. The van der Waals surface area contributed by atoms with Crippen LogP contribution in [0.1, 0.15) is 36.2 Å². The third-order valence-electron chi connectivity index (χ3n) is 4.93. The summed E-state index contributed by atoms with van der Waals surface area (Å²) in [7, 11) is 0. The maximum absolute atomic E-state index is 5.81. The standard InChI is InChI=1S/C18H23N5O/c1-13-6-7-17(22-21-13)24-11-14-8-9-23(10-14)18-15-4-2-3-5-16(15)19-12-20-18/h6-7,12,14H,2-5,8-11H2,1H3. The van der Waals surface area contributed by atoms with Crippen LogP contribution in [-0.4, -0.2) is 39.9 Å². The number of rotatable bonds is 4. The van der Waals surface area contributed by atoms with Crippen LogP contribution >= 0.6 is 0 Å². The average molecular weight is 325 g/mol. The van der Waals surface area contributed by atoms with Crippen LogP contribution < -0.4 is 9.64 Å².